The fourth-order valence-electron chi connectivity index (χ4n) is 2.09. The quantitative estimate of drug-likeness (QED) is 0.754. The monoisotopic (exact) mass is 402 g/mol. The SMILES string of the molecule is CN(C)S(=O)(=O)c1cccc(CONC(=O)c2cccc(C(F)(F)F)c2)c1. The Morgan fingerprint density at radius 1 is 1.11 bits per heavy atom. The Morgan fingerprint density at radius 3 is 2.41 bits per heavy atom. The van der Waals surface area contributed by atoms with Crippen molar-refractivity contribution in [1.82, 2.24) is 9.79 Å². The number of sulfonamides is 1. The molecule has 0 aromatic heterocycles. The van der Waals surface area contributed by atoms with Crippen molar-refractivity contribution >= 4 is 15.9 Å². The zero-order valence-electron chi connectivity index (χ0n) is 14.4. The maximum absolute atomic E-state index is 12.7. The highest BCUT2D eigenvalue weighted by Gasteiger charge is 2.30. The molecule has 0 saturated heterocycles. The van der Waals surface area contributed by atoms with Crippen LogP contribution in [0.3, 0.4) is 0 Å². The van der Waals surface area contributed by atoms with E-state index in [4.69, 9.17) is 4.84 Å². The van der Waals surface area contributed by atoms with Gasteiger partial charge < -0.3 is 0 Å². The number of halogens is 3. The van der Waals surface area contributed by atoms with Crippen LogP contribution in [0.25, 0.3) is 0 Å². The summed E-state index contributed by atoms with van der Waals surface area (Å²) in [5.74, 6) is -0.849. The molecule has 2 rings (SSSR count). The number of carbonyl (C=O) groups excluding carboxylic acids is 1. The van der Waals surface area contributed by atoms with Crippen molar-refractivity contribution in [1.29, 1.82) is 0 Å². The molecule has 2 aromatic rings. The molecule has 6 nitrogen and oxygen atoms in total. The first-order chi connectivity index (χ1) is 12.5. The van der Waals surface area contributed by atoms with Crippen molar-refractivity contribution in [3.63, 3.8) is 0 Å². The van der Waals surface area contributed by atoms with Crippen LogP contribution in [-0.4, -0.2) is 32.7 Å². The molecule has 0 aliphatic rings. The molecule has 0 aliphatic heterocycles. The summed E-state index contributed by atoms with van der Waals surface area (Å²) in [6.45, 7) is -0.165. The number of benzene rings is 2. The highest BCUT2D eigenvalue weighted by molar-refractivity contribution is 7.89. The van der Waals surface area contributed by atoms with Gasteiger partial charge in [-0.1, -0.05) is 18.2 Å². The number of hydroxylamine groups is 1. The van der Waals surface area contributed by atoms with Gasteiger partial charge in [0.25, 0.3) is 5.91 Å². The van der Waals surface area contributed by atoms with Crippen LogP contribution >= 0.6 is 0 Å². The van der Waals surface area contributed by atoms with Crippen LogP contribution in [-0.2, 0) is 27.6 Å². The molecule has 1 N–H and O–H groups in total. The van der Waals surface area contributed by atoms with Gasteiger partial charge in [0.2, 0.25) is 10.0 Å². The number of hydrogen-bond donors (Lipinski definition) is 1. The molecular weight excluding hydrogens is 385 g/mol. The van der Waals surface area contributed by atoms with E-state index >= 15 is 0 Å². The fourth-order valence-corrected chi connectivity index (χ4v) is 3.06. The largest absolute Gasteiger partial charge is 0.416 e. The summed E-state index contributed by atoms with van der Waals surface area (Å²) in [4.78, 5) is 17.0. The molecule has 0 unspecified atom stereocenters. The Balaban J connectivity index is 2.02. The van der Waals surface area contributed by atoms with Crippen LogP contribution in [0.4, 0.5) is 13.2 Å². The van der Waals surface area contributed by atoms with E-state index in [0.717, 1.165) is 16.4 Å². The zero-order chi connectivity index (χ0) is 20.2. The van der Waals surface area contributed by atoms with Gasteiger partial charge in [-0.2, -0.15) is 13.2 Å². The first kappa shape index (κ1) is 20.9. The number of carbonyl (C=O) groups is 1. The predicted octanol–water partition coefficient (Wildman–Crippen LogP) is 2.82. The lowest BCUT2D eigenvalue weighted by Gasteiger charge is -2.12. The molecule has 2 aromatic carbocycles. The van der Waals surface area contributed by atoms with E-state index in [1.165, 1.54) is 38.4 Å². The Bertz CT molecular complexity index is 928. The molecule has 0 radical (unpaired) electrons. The second-order valence-corrected chi connectivity index (χ2v) is 7.89. The van der Waals surface area contributed by atoms with E-state index in [1.807, 2.05) is 5.48 Å². The number of nitrogens with zero attached hydrogens (tertiary/aromatic N) is 1. The van der Waals surface area contributed by atoms with Crippen molar-refractivity contribution in [2.45, 2.75) is 17.7 Å². The van der Waals surface area contributed by atoms with E-state index < -0.39 is 27.7 Å². The minimum absolute atomic E-state index is 0.0535. The third-order valence-corrected chi connectivity index (χ3v) is 5.34. The molecule has 0 spiro atoms. The lowest BCUT2D eigenvalue weighted by molar-refractivity contribution is -0.137. The van der Waals surface area contributed by atoms with Crippen molar-refractivity contribution in [3.8, 4) is 0 Å². The van der Waals surface area contributed by atoms with E-state index in [-0.39, 0.29) is 17.1 Å². The topological polar surface area (TPSA) is 75.7 Å². The Labute approximate surface area is 154 Å². The Hall–Kier alpha value is -2.43. The summed E-state index contributed by atoms with van der Waals surface area (Å²) >= 11 is 0. The highest BCUT2D eigenvalue weighted by Crippen LogP contribution is 2.29. The molecule has 0 bridgehead atoms. The molecule has 0 atom stereocenters. The average molecular weight is 402 g/mol. The highest BCUT2D eigenvalue weighted by atomic mass is 32.2. The van der Waals surface area contributed by atoms with E-state index in [1.54, 1.807) is 6.07 Å². The van der Waals surface area contributed by atoms with Crippen LogP contribution in [0.5, 0.6) is 0 Å². The van der Waals surface area contributed by atoms with Gasteiger partial charge in [0.05, 0.1) is 17.1 Å². The molecule has 27 heavy (non-hydrogen) atoms. The minimum atomic E-state index is -4.56. The van der Waals surface area contributed by atoms with Gasteiger partial charge in [-0.25, -0.2) is 18.2 Å². The standard InChI is InChI=1S/C17H17F3N2O4S/c1-22(2)27(24,25)15-8-3-5-12(9-15)11-26-21-16(23)13-6-4-7-14(10-13)17(18,19)20/h3-10H,11H2,1-2H3,(H,21,23). The molecule has 1 amide bonds. The molecule has 0 saturated carbocycles. The molecule has 0 heterocycles. The zero-order valence-corrected chi connectivity index (χ0v) is 15.3. The molecule has 10 heteroatoms. The molecule has 0 aliphatic carbocycles. The van der Waals surface area contributed by atoms with Crippen LogP contribution < -0.4 is 5.48 Å². The first-order valence-corrected chi connectivity index (χ1v) is 9.06. The van der Waals surface area contributed by atoms with Crippen LogP contribution in [0.2, 0.25) is 0 Å². The van der Waals surface area contributed by atoms with Gasteiger partial charge in [0, 0.05) is 19.7 Å². The summed E-state index contributed by atoms with van der Waals surface area (Å²) in [6, 6.07) is 9.81. The normalized spacial score (nSPS) is 12.2. The van der Waals surface area contributed by atoms with Crippen molar-refractivity contribution in [2.75, 3.05) is 14.1 Å². The second-order valence-electron chi connectivity index (χ2n) is 5.73. The van der Waals surface area contributed by atoms with E-state index in [0.29, 0.717) is 11.6 Å². The number of hydrogen-bond acceptors (Lipinski definition) is 4. The lowest BCUT2D eigenvalue weighted by atomic mass is 10.1. The summed E-state index contributed by atoms with van der Waals surface area (Å²) in [5.41, 5.74) is 1.34. The van der Waals surface area contributed by atoms with E-state index in [9.17, 15) is 26.4 Å². The van der Waals surface area contributed by atoms with Crippen molar-refractivity contribution in [3.05, 3.63) is 65.2 Å². The van der Waals surface area contributed by atoms with Crippen LogP contribution in [0.15, 0.2) is 53.4 Å². The van der Waals surface area contributed by atoms with Gasteiger partial charge in [0.15, 0.2) is 0 Å². The number of nitrogens with one attached hydrogen (secondary N) is 1. The average Bonchev–Trinajstić information content (AvgIpc) is 2.61. The fraction of sp³-hybridized carbons (Fsp3) is 0.235. The van der Waals surface area contributed by atoms with Crippen LogP contribution in [0.1, 0.15) is 21.5 Å². The summed E-state index contributed by atoms with van der Waals surface area (Å²) in [7, 11) is -0.825. The van der Waals surface area contributed by atoms with Gasteiger partial charge >= 0.3 is 6.18 Å². The van der Waals surface area contributed by atoms with Crippen LogP contribution in [0, 0.1) is 0 Å². The number of alkyl halides is 3. The lowest BCUT2D eigenvalue weighted by Crippen LogP contribution is -2.24. The maximum Gasteiger partial charge on any atom is 0.416 e. The van der Waals surface area contributed by atoms with E-state index in [2.05, 4.69) is 0 Å². The number of amides is 1. The number of rotatable bonds is 6. The second kappa shape index (κ2) is 8.07. The molecule has 0 fully saturated rings. The molecule has 146 valence electrons. The summed E-state index contributed by atoms with van der Waals surface area (Å²) in [5, 5.41) is 0. The smallest absolute Gasteiger partial charge is 0.269 e. The first-order valence-electron chi connectivity index (χ1n) is 7.62. The Kier molecular flexibility index (Phi) is 6.24. The van der Waals surface area contributed by atoms with Gasteiger partial charge in [-0.3, -0.25) is 9.63 Å². The van der Waals surface area contributed by atoms with Gasteiger partial charge in [-0.05, 0) is 35.9 Å². The summed E-state index contributed by atoms with van der Waals surface area (Å²) < 4.78 is 63.3. The van der Waals surface area contributed by atoms with Gasteiger partial charge in [0.1, 0.15) is 0 Å². The molecular formula is C17H17F3N2O4S. The summed E-state index contributed by atoms with van der Waals surface area (Å²) in [6.07, 6.45) is -4.56. The third kappa shape index (κ3) is 5.28. The van der Waals surface area contributed by atoms with Crippen molar-refractivity contribution in [2.24, 2.45) is 0 Å². The minimum Gasteiger partial charge on any atom is -0.269 e. The third-order valence-electron chi connectivity index (χ3n) is 3.53. The van der Waals surface area contributed by atoms with Gasteiger partial charge in [-0.15, -0.1) is 0 Å². The van der Waals surface area contributed by atoms with Crippen molar-refractivity contribution < 1.29 is 31.2 Å². The maximum atomic E-state index is 12.7. The predicted molar refractivity (Wildman–Crippen MR) is 91.0 cm³/mol. The Morgan fingerprint density at radius 2 is 1.78 bits per heavy atom.